The number of carbonyl (C=O) groups is 1. The number of hydrogen-bond donors (Lipinski definition) is 2. The highest BCUT2D eigenvalue weighted by atomic mass is 79.9. The van der Waals surface area contributed by atoms with Crippen molar-refractivity contribution in [3.05, 3.63) is 68.6 Å². The number of aliphatic hydroxyl groups is 1. The molecule has 1 atom stereocenters. The van der Waals surface area contributed by atoms with Crippen LogP contribution in [0.3, 0.4) is 0 Å². The molecule has 2 N–H and O–H groups in total. The van der Waals surface area contributed by atoms with Crippen molar-refractivity contribution in [1.29, 1.82) is 0 Å². The summed E-state index contributed by atoms with van der Waals surface area (Å²) in [5, 5.41) is 19.2. The molecule has 0 aliphatic carbocycles. The molecular formula is C23H23BrN2O5. The molecule has 1 saturated heterocycles. The molecule has 162 valence electrons. The van der Waals surface area contributed by atoms with Crippen molar-refractivity contribution in [2.45, 2.75) is 31.8 Å². The Morgan fingerprint density at radius 2 is 1.90 bits per heavy atom. The lowest BCUT2D eigenvalue weighted by Crippen LogP contribution is -2.52. The van der Waals surface area contributed by atoms with Crippen molar-refractivity contribution in [3.63, 3.8) is 0 Å². The number of fused-ring (bicyclic) bond motifs is 1. The number of aromatic nitrogens is 1. The van der Waals surface area contributed by atoms with E-state index in [0.717, 1.165) is 10.0 Å². The quantitative estimate of drug-likeness (QED) is 0.571. The van der Waals surface area contributed by atoms with Crippen molar-refractivity contribution < 1.29 is 19.2 Å². The molecule has 7 nitrogen and oxygen atoms in total. The highest BCUT2D eigenvalue weighted by Crippen LogP contribution is 2.33. The molecule has 0 spiro atoms. The van der Waals surface area contributed by atoms with E-state index in [1.807, 2.05) is 24.3 Å². The van der Waals surface area contributed by atoms with Crippen LogP contribution < -0.4 is 10.9 Å². The molecule has 0 saturated carbocycles. The van der Waals surface area contributed by atoms with Gasteiger partial charge in [-0.05, 0) is 55.7 Å². The van der Waals surface area contributed by atoms with Crippen LogP contribution in [0.5, 0.6) is 0 Å². The predicted molar refractivity (Wildman–Crippen MR) is 120 cm³/mol. The van der Waals surface area contributed by atoms with Gasteiger partial charge in [-0.25, -0.2) is 4.79 Å². The predicted octanol–water partition coefficient (Wildman–Crippen LogP) is 3.60. The van der Waals surface area contributed by atoms with E-state index in [0.29, 0.717) is 48.2 Å². The van der Waals surface area contributed by atoms with Gasteiger partial charge in [-0.15, -0.1) is 0 Å². The lowest BCUT2D eigenvalue weighted by Gasteiger charge is -2.37. The second-order valence-electron chi connectivity index (χ2n) is 7.88. The molecular weight excluding hydrogens is 464 g/mol. The van der Waals surface area contributed by atoms with Crippen LogP contribution in [-0.2, 0) is 16.0 Å². The lowest BCUT2D eigenvalue weighted by molar-refractivity contribution is -0.144. The Balaban J connectivity index is 1.65. The fourth-order valence-electron chi connectivity index (χ4n) is 4.05. The van der Waals surface area contributed by atoms with Crippen LogP contribution in [0, 0.1) is 12.8 Å². The maximum atomic E-state index is 13.4. The number of halogens is 1. The van der Waals surface area contributed by atoms with Gasteiger partial charge in [0.05, 0.1) is 11.1 Å². The first-order valence-electron chi connectivity index (χ1n) is 10.1. The Kier molecular flexibility index (Phi) is 6.22. The van der Waals surface area contributed by atoms with Crippen LogP contribution in [0.4, 0.5) is 5.69 Å². The number of hydrogen-bond acceptors (Lipinski definition) is 6. The minimum Gasteiger partial charge on any atom is -0.381 e. The third-order valence-corrected chi connectivity index (χ3v) is 6.36. The normalized spacial score (nSPS) is 16.7. The largest absolute Gasteiger partial charge is 0.381 e. The van der Waals surface area contributed by atoms with Crippen molar-refractivity contribution in [1.82, 2.24) is 5.16 Å². The molecule has 2 aromatic carbocycles. The number of benzene rings is 2. The first-order chi connectivity index (χ1) is 14.9. The number of carbonyl (C=O) groups excluding carboxylic acids is 1. The summed E-state index contributed by atoms with van der Waals surface area (Å²) >= 11 is 3.41. The van der Waals surface area contributed by atoms with Gasteiger partial charge in [0.1, 0.15) is 5.60 Å². The highest BCUT2D eigenvalue weighted by molar-refractivity contribution is 9.10. The van der Waals surface area contributed by atoms with E-state index < -0.39 is 17.1 Å². The van der Waals surface area contributed by atoms with Gasteiger partial charge in [0.25, 0.3) is 5.91 Å². The number of rotatable bonds is 5. The molecule has 3 aromatic rings. The molecule has 1 fully saturated rings. The SMILES string of the molecule is Cc1noc(=O)c2ccc(NC(=O)C(O)(Cc3ccc(Br)cc3)C3CCOCC3)cc12. The second kappa shape index (κ2) is 8.90. The summed E-state index contributed by atoms with van der Waals surface area (Å²) in [6.07, 6.45) is 1.39. The van der Waals surface area contributed by atoms with Crippen molar-refractivity contribution in [3.8, 4) is 0 Å². The van der Waals surface area contributed by atoms with Gasteiger partial charge in [0.2, 0.25) is 0 Å². The highest BCUT2D eigenvalue weighted by Gasteiger charge is 2.44. The molecule has 31 heavy (non-hydrogen) atoms. The summed E-state index contributed by atoms with van der Waals surface area (Å²) in [5.74, 6) is -0.712. The molecule has 1 unspecified atom stereocenters. The minimum absolute atomic E-state index is 0.189. The number of nitrogens with one attached hydrogen (secondary N) is 1. The van der Waals surface area contributed by atoms with Gasteiger partial charge >= 0.3 is 5.63 Å². The summed E-state index contributed by atoms with van der Waals surface area (Å²) in [6.45, 7) is 2.75. The summed E-state index contributed by atoms with van der Waals surface area (Å²) in [5.41, 5.74) is -0.249. The average Bonchev–Trinajstić information content (AvgIpc) is 2.78. The fourth-order valence-corrected chi connectivity index (χ4v) is 4.31. The fraction of sp³-hybridized carbons (Fsp3) is 0.348. The molecule has 8 heteroatoms. The third kappa shape index (κ3) is 4.56. The standard InChI is InChI=1S/C23H23BrN2O5/c1-14-20-12-18(6-7-19(20)21(27)31-26-14)25-22(28)23(29,16-8-10-30-11-9-16)13-15-2-4-17(24)5-3-15/h2-7,12,16,29H,8-11,13H2,1H3,(H,25,28). The zero-order valence-electron chi connectivity index (χ0n) is 17.1. The van der Waals surface area contributed by atoms with Crippen molar-refractivity contribution >= 4 is 38.3 Å². The maximum absolute atomic E-state index is 13.4. The number of amides is 1. The Hall–Kier alpha value is -2.55. The van der Waals surface area contributed by atoms with E-state index in [1.165, 1.54) is 0 Å². The molecule has 1 aliphatic heterocycles. The number of anilines is 1. The van der Waals surface area contributed by atoms with E-state index in [9.17, 15) is 14.7 Å². The van der Waals surface area contributed by atoms with Gasteiger partial charge in [0, 0.05) is 41.1 Å². The monoisotopic (exact) mass is 486 g/mol. The smallest absolute Gasteiger partial charge is 0.366 e. The van der Waals surface area contributed by atoms with E-state index in [4.69, 9.17) is 9.26 Å². The van der Waals surface area contributed by atoms with Crippen LogP contribution >= 0.6 is 15.9 Å². The number of aryl methyl sites for hydroxylation is 1. The van der Waals surface area contributed by atoms with Crippen molar-refractivity contribution in [2.75, 3.05) is 18.5 Å². The molecule has 4 rings (SSSR count). The molecule has 1 amide bonds. The average molecular weight is 487 g/mol. The van der Waals surface area contributed by atoms with Crippen LogP contribution in [0.25, 0.3) is 10.8 Å². The van der Waals surface area contributed by atoms with Crippen LogP contribution in [0.2, 0.25) is 0 Å². The zero-order chi connectivity index (χ0) is 22.0. The summed E-state index contributed by atoms with van der Waals surface area (Å²) in [6, 6.07) is 12.5. The maximum Gasteiger partial charge on any atom is 0.366 e. The first-order valence-corrected chi connectivity index (χ1v) is 10.9. The second-order valence-corrected chi connectivity index (χ2v) is 8.80. The van der Waals surface area contributed by atoms with Gasteiger partial charge < -0.3 is 19.7 Å². The summed E-state index contributed by atoms with van der Waals surface area (Å²) in [4.78, 5) is 25.3. The van der Waals surface area contributed by atoms with Crippen LogP contribution in [-0.4, -0.2) is 35.0 Å². The summed E-state index contributed by atoms with van der Waals surface area (Å²) in [7, 11) is 0. The Labute approximate surface area is 187 Å². The van der Waals surface area contributed by atoms with E-state index in [1.54, 1.807) is 25.1 Å². The third-order valence-electron chi connectivity index (χ3n) is 5.83. The zero-order valence-corrected chi connectivity index (χ0v) is 18.6. The topological polar surface area (TPSA) is 102 Å². The molecule has 0 bridgehead atoms. The molecule has 1 aromatic heterocycles. The first kappa shape index (κ1) is 21.7. The lowest BCUT2D eigenvalue weighted by atomic mass is 9.77. The van der Waals surface area contributed by atoms with Crippen LogP contribution in [0.15, 0.2) is 56.3 Å². The Morgan fingerprint density at radius 3 is 2.61 bits per heavy atom. The Morgan fingerprint density at radius 1 is 1.19 bits per heavy atom. The number of ether oxygens (including phenoxy) is 1. The summed E-state index contributed by atoms with van der Waals surface area (Å²) < 4.78 is 11.1. The Bertz CT molecular complexity index is 1150. The van der Waals surface area contributed by atoms with Gasteiger partial charge in [-0.1, -0.05) is 33.2 Å². The van der Waals surface area contributed by atoms with E-state index >= 15 is 0 Å². The van der Waals surface area contributed by atoms with Crippen molar-refractivity contribution in [2.24, 2.45) is 5.92 Å². The van der Waals surface area contributed by atoms with E-state index in [2.05, 4.69) is 26.4 Å². The van der Waals surface area contributed by atoms with Gasteiger partial charge in [0.15, 0.2) is 0 Å². The molecule has 2 heterocycles. The van der Waals surface area contributed by atoms with Crippen LogP contribution in [0.1, 0.15) is 24.1 Å². The minimum atomic E-state index is -1.60. The van der Waals surface area contributed by atoms with E-state index in [-0.39, 0.29) is 12.3 Å². The molecule has 0 radical (unpaired) electrons. The van der Waals surface area contributed by atoms with Gasteiger partial charge in [-0.2, -0.15) is 0 Å². The molecule has 1 aliphatic rings. The van der Waals surface area contributed by atoms with Gasteiger partial charge in [-0.3, -0.25) is 4.79 Å². The number of nitrogens with zero attached hydrogens (tertiary/aromatic N) is 1.